The van der Waals surface area contributed by atoms with E-state index in [9.17, 15) is 10.2 Å². The summed E-state index contributed by atoms with van der Waals surface area (Å²) in [5.41, 5.74) is 3.22. The average molecular weight is 399 g/mol. The van der Waals surface area contributed by atoms with E-state index in [2.05, 4.69) is 0 Å². The van der Waals surface area contributed by atoms with Gasteiger partial charge < -0.3 is 10.2 Å². The van der Waals surface area contributed by atoms with Gasteiger partial charge in [0.15, 0.2) is 0 Å². The molecule has 30 heavy (non-hydrogen) atoms. The lowest BCUT2D eigenvalue weighted by Gasteiger charge is -2.25. The largest absolute Gasteiger partial charge is 0.507 e. The SMILES string of the molecule is Oc1ccccc1C=N[C@@H]1CCCC[C@H]1N=Cc1cccc(-c2ccccc2)c1O. The van der Waals surface area contributed by atoms with Crippen LogP contribution in [0.3, 0.4) is 0 Å². The van der Waals surface area contributed by atoms with Crippen molar-refractivity contribution >= 4 is 12.4 Å². The second-order valence-electron chi connectivity index (χ2n) is 7.64. The Bertz CT molecular complexity index is 1040. The molecule has 2 N–H and O–H groups in total. The molecule has 0 aliphatic heterocycles. The summed E-state index contributed by atoms with van der Waals surface area (Å²) >= 11 is 0. The van der Waals surface area contributed by atoms with E-state index in [-0.39, 0.29) is 23.6 Å². The van der Waals surface area contributed by atoms with Crippen LogP contribution >= 0.6 is 0 Å². The van der Waals surface area contributed by atoms with Gasteiger partial charge in [0.05, 0.1) is 12.1 Å². The molecule has 0 bridgehead atoms. The van der Waals surface area contributed by atoms with Crippen LogP contribution in [-0.2, 0) is 0 Å². The van der Waals surface area contributed by atoms with E-state index >= 15 is 0 Å². The molecule has 3 aromatic rings. The molecule has 0 radical (unpaired) electrons. The monoisotopic (exact) mass is 398 g/mol. The van der Waals surface area contributed by atoms with Crippen LogP contribution in [0.1, 0.15) is 36.8 Å². The number of aliphatic imine (C=N–C) groups is 2. The fraction of sp³-hybridized carbons (Fsp3) is 0.231. The van der Waals surface area contributed by atoms with Gasteiger partial charge in [-0.25, -0.2) is 0 Å². The standard InChI is InChI=1S/C26H26N2O2/c29-25-16-7-4-11-20(25)17-27-23-14-5-6-15-24(23)28-18-21-12-8-13-22(26(21)30)19-9-2-1-3-10-19/h1-4,7-13,16-18,23-24,29-30H,5-6,14-15H2/t23-,24-/m1/s1. The average Bonchev–Trinajstić information content (AvgIpc) is 2.79. The third kappa shape index (κ3) is 4.60. The van der Waals surface area contributed by atoms with Crippen molar-refractivity contribution in [3.63, 3.8) is 0 Å². The topological polar surface area (TPSA) is 65.2 Å². The molecule has 1 fully saturated rings. The predicted molar refractivity (Wildman–Crippen MR) is 123 cm³/mol. The number of benzene rings is 3. The molecule has 4 rings (SSSR count). The molecular weight excluding hydrogens is 372 g/mol. The van der Waals surface area contributed by atoms with Gasteiger partial charge >= 0.3 is 0 Å². The van der Waals surface area contributed by atoms with Gasteiger partial charge in [-0.1, -0.05) is 67.4 Å². The van der Waals surface area contributed by atoms with Gasteiger partial charge in [0.1, 0.15) is 11.5 Å². The van der Waals surface area contributed by atoms with Crippen LogP contribution in [0.4, 0.5) is 0 Å². The summed E-state index contributed by atoms with van der Waals surface area (Å²) < 4.78 is 0. The van der Waals surface area contributed by atoms with Crippen LogP contribution in [0, 0.1) is 0 Å². The minimum atomic E-state index is 0.0700. The van der Waals surface area contributed by atoms with Gasteiger partial charge in [0.25, 0.3) is 0 Å². The first-order chi connectivity index (χ1) is 14.7. The Kier molecular flexibility index (Phi) is 6.23. The van der Waals surface area contributed by atoms with Crippen molar-refractivity contribution in [2.24, 2.45) is 9.98 Å². The Morgan fingerprint density at radius 3 is 1.97 bits per heavy atom. The van der Waals surface area contributed by atoms with Crippen molar-refractivity contribution in [2.45, 2.75) is 37.8 Å². The third-order valence-corrected chi connectivity index (χ3v) is 5.59. The highest BCUT2D eigenvalue weighted by Crippen LogP contribution is 2.32. The smallest absolute Gasteiger partial charge is 0.132 e. The second-order valence-corrected chi connectivity index (χ2v) is 7.64. The van der Waals surface area contributed by atoms with Crippen LogP contribution in [0.5, 0.6) is 11.5 Å². The maximum absolute atomic E-state index is 10.8. The first-order valence-corrected chi connectivity index (χ1v) is 10.4. The first-order valence-electron chi connectivity index (χ1n) is 10.4. The molecular formula is C26H26N2O2. The van der Waals surface area contributed by atoms with Gasteiger partial charge in [-0.2, -0.15) is 0 Å². The van der Waals surface area contributed by atoms with Crippen molar-refractivity contribution < 1.29 is 10.2 Å². The highest BCUT2D eigenvalue weighted by Gasteiger charge is 2.23. The zero-order valence-electron chi connectivity index (χ0n) is 16.9. The van der Waals surface area contributed by atoms with Gasteiger partial charge in [-0.15, -0.1) is 0 Å². The van der Waals surface area contributed by atoms with Gasteiger partial charge in [-0.05, 0) is 36.6 Å². The highest BCUT2D eigenvalue weighted by atomic mass is 16.3. The normalized spacial score (nSPS) is 19.5. The number of phenols is 2. The lowest BCUT2D eigenvalue weighted by molar-refractivity contribution is 0.390. The molecule has 4 nitrogen and oxygen atoms in total. The number of phenolic OH excluding ortho intramolecular Hbond substituents is 2. The molecule has 152 valence electrons. The van der Waals surface area contributed by atoms with Crippen molar-refractivity contribution in [3.8, 4) is 22.6 Å². The minimum absolute atomic E-state index is 0.0700. The number of nitrogens with zero attached hydrogens (tertiary/aromatic N) is 2. The summed E-state index contributed by atoms with van der Waals surface area (Å²) in [6.07, 6.45) is 7.73. The van der Waals surface area contributed by atoms with Crippen LogP contribution in [0.2, 0.25) is 0 Å². The fourth-order valence-corrected chi connectivity index (χ4v) is 3.90. The van der Waals surface area contributed by atoms with Gasteiger partial charge in [-0.3, -0.25) is 9.98 Å². The van der Waals surface area contributed by atoms with Crippen molar-refractivity contribution in [3.05, 3.63) is 83.9 Å². The summed E-state index contributed by atoms with van der Waals surface area (Å²) in [7, 11) is 0. The van der Waals surface area contributed by atoms with E-state index in [0.717, 1.165) is 42.4 Å². The summed E-state index contributed by atoms with van der Waals surface area (Å²) in [6.45, 7) is 0. The molecule has 1 saturated carbocycles. The van der Waals surface area contributed by atoms with Crippen LogP contribution in [0.25, 0.3) is 11.1 Å². The summed E-state index contributed by atoms with van der Waals surface area (Å²) in [5.74, 6) is 0.484. The Morgan fingerprint density at radius 2 is 1.27 bits per heavy atom. The summed E-state index contributed by atoms with van der Waals surface area (Å²) in [6, 6.07) is 23.0. The van der Waals surface area contributed by atoms with E-state index < -0.39 is 0 Å². The zero-order valence-corrected chi connectivity index (χ0v) is 16.9. The second kappa shape index (κ2) is 9.40. The Hall–Kier alpha value is -3.40. The Labute approximate surface area is 177 Å². The lowest BCUT2D eigenvalue weighted by Crippen LogP contribution is -2.27. The molecule has 0 heterocycles. The summed E-state index contributed by atoms with van der Waals surface area (Å²) in [4.78, 5) is 9.54. The molecule has 0 amide bonds. The maximum Gasteiger partial charge on any atom is 0.132 e. The van der Waals surface area contributed by atoms with Crippen LogP contribution in [0.15, 0.2) is 82.8 Å². The number of rotatable bonds is 5. The van der Waals surface area contributed by atoms with Crippen molar-refractivity contribution in [1.82, 2.24) is 0 Å². The lowest BCUT2D eigenvalue weighted by atomic mass is 9.91. The molecule has 3 aromatic carbocycles. The van der Waals surface area contributed by atoms with Crippen molar-refractivity contribution in [1.29, 1.82) is 0 Å². The fourth-order valence-electron chi connectivity index (χ4n) is 3.90. The number of hydrogen-bond acceptors (Lipinski definition) is 4. The number of aromatic hydroxyl groups is 2. The highest BCUT2D eigenvalue weighted by molar-refractivity contribution is 5.88. The van der Waals surface area contributed by atoms with Gasteiger partial charge in [0, 0.05) is 29.1 Å². The third-order valence-electron chi connectivity index (χ3n) is 5.59. The van der Waals surface area contributed by atoms with E-state index in [1.807, 2.05) is 60.7 Å². The number of para-hydroxylation sites is 2. The first kappa shape index (κ1) is 19.9. The zero-order chi connectivity index (χ0) is 20.8. The van der Waals surface area contributed by atoms with Gasteiger partial charge in [0.2, 0.25) is 0 Å². The molecule has 0 spiro atoms. The Balaban J connectivity index is 1.54. The molecule has 1 aliphatic carbocycles. The van der Waals surface area contributed by atoms with Crippen molar-refractivity contribution in [2.75, 3.05) is 0 Å². The molecule has 4 heteroatoms. The number of hydrogen-bond donors (Lipinski definition) is 2. The van der Waals surface area contributed by atoms with E-state index in [1.165, 1.54) is 0 Å². The molecule has 2 atom stereocenters. The minimum Gasteiger partial charge on any atom is -0.507 e. The maximum atomic E-state index is 10.8. The molecule has 0 saturated heterocycles. The van der Waals surface area contributed by atoms with E-state index in [1.54, 1.807) is 24.6 Å². The van der Waals surface area contributed by atoms with Crippen LogP contribution in [-0.4, -0.2) is 34.7 Å². The molecule has 1 aliphatic rings. The molecule has 0 aromatic heterocycles. The molecule has 0 unspecified atom stereocenters. The summed E-state index contributed by atoms with van der Waals surface area (Å²) in [5, 5.41) is 20.7. The quantitative estimate of drug-likeness (QED) is 0.548. The Morgan fingerprint density at radius 1 is 0.667 bits per heavy atom. The van der Waals surface area contributed by atoms with E-state index in [4.69, 9.17) is 9.98 Å². The van der Waals surface area contributed by atoms with Crippen LogP contribution < -0.4 is 0 Å². The van der Waals surface area contributed by atoms with E-state index in [0.29, 0.717) is 5.56 Å². The predicted octanol–water partition coefficient (Wildman–Crippen LogP) is 5.61.